The van der Waals surface area contributed by atoms with Gasteiger partial charge in [-0.1, -0.05) is 12.1 Å². The standard InChI is InChI=1S/C12H13Cl2NOS/c1-15-10(12(13)14)11(16)8-3-2-7-4-5-17-9(7)6-8/h2-3,6,10,12,15H,4-5H2,1H3. The van der Waals surface area contributed by atoms with Crippen LogP contribution in [0.15, 0.2) is 23.1 Å². The number of thioether (sulfide) groups is 1. The molecule has 1 N–H and O–H groups in total. The number of rotatable bonds is 4. The Labute approximate surface area is 115 Å². The fourth-order valence-electron chi connectivity index (χ4n) is 1.87. The highest BCUT2D eigenvalue weighted by Gasteiger charge is 2.25. The molecule has 0 bridgehead atoms. The third-order valence-electron chi connectivity index (χ3n) is 2.83. The number of hydrogen-bond donors (Lipinski definition) is 1. The molecular formula is C12H13Cl2NOS. The van der Waals surface area contributed by atoms with Gasteiger partial charge in [-0.05, 0) is 25.1 Å². The second kappa shape index (κ2) is 5.61. The normalized spacial score (nSPS) is 16.0. The Balaban J connectivity index is 2.25. The summed E-state index contributed by atoms with van der Waals surface area (Å²) in [5.41, 5.74) is 1.99. The van der Waals surface area contributed by atoms with Crippen molar-refractivity contribution in [1.82, 2.24) is 5.32 Å². The summed E-state index contributed by atoms with van der Waals surface area (Å²) in [5, 5.41) is 2.85. The molecule has 0 aliphatic carbocycles. The Morgan fingerprint density at radius 3 is 2.88 bits per heavy atom. The van der Waals surface area contributed by atoms with Crippen molar-refractivity contribution in [3.63, 3.8) is 0 Å². The van der Waals surface area contributed by atoms with E-state index in [-0.39, 0.29) is 5.78 Å². The number of nitrogens with one attached hydrogen (secondary N) is 1. The number of fused-ring (bicyclic) bond motifs is 1. The van der Waals surface area contributed by atoms with Gasteiger partial charge in [0.2, 0.25) is 0 Å². The average molecular weight is 290 g/mol. The van der Waals surface area contributed by atoms with Crippen molar-refractivity contribution >= 4 is 40.7 Å². The van der Waals surface area contributed by atoms with Gasteiger partial charge >= 0.3 is 0 Å². The molecule has 1 aromatic carbocycles. The number of carbonyl (C=O) groups excluding carboxylic acids is 1. The van der Waals surface area contributed by atoms with Gasteiger partial charge in [-0.3, -0.25) is 4.79 Å². The Morgan fingerprint density at radius 2 is 2.24 bits per heavy atom. The average Bonchev–Trinajstić information content (AvgIpc) is 2.75. The number of carbonyl (C=O) groups is 1. The molecule has 0 saturated carbocycles. The summed E-state index contributed by atoms with van der Waals surface area (Å²) < 4.78 is 0. The van der Waals surface area contributed by atoms with Crippen LogP contribution in [0.25, 0.3) is 0 Å². The maximum atomic E-state index is 12.2. The number of ketones is 1. The fourth-order valence-corrected chi connectivity index (χ4v) is 3.46. The molecule has 0 fully saturated rings. The van der Waals surface area contributed by atoms with Crippen LogP contribution in [0, 0.1) is 0 Å². The monoisotopic (exact) mass is 289 g/mol. The van der Waals surface area contributed by atoms with E-state index in [1.807, 2.05) is 18.2 Å². The third-order valence-corrected chi connectivity index (χ3v) is 4.43. The Hall–Kier alpha value is -0.220. The molecule has 1 aliphatic rings. The molecule has 2 nitrogen and oxygen atoms in total. The van der Waals surface area contributed by atoms with Gasteiger partial charge in [0, 0.05) is 16.2 Å². The zero-order valence-corrected chi connectivity index (χ0v) is 11.7. The maximum Gasteiger partial charge on any atom is 0.182 e. The second-order valence-electron chi connectivity index (χ2n) is 3.89. The van der Waals surface area contributed by atoms with Gasteiger partial charge in [-0.25, -0.2) is 0 Å². The van der Waals surface area contributed by atoms with Crippen LogP contribution in [0.1, 0.15) is 15.9 Å². The number of benzene rings is 1. The van der Waals surface area contributed by atoms with Crippen molar-refractivity contribution < 1.29 is 4.79 Å². The van der Waals surface area contributed by atoms with E-state index in [0.29, 0.717) is 5.56 Å². The van der Waals surface area contributed by atoms with Crippen LogP contribution in [0.5, 0.6) is 0 Å². The molecular weight excluding hydrogens is 277 g/mol. The van der Waals surface area contributed by atoms with Gasteiger partial charge in [-0.15, -0.1) is 35.0 Å². The fraction of sp³-hybridized carbons (Fsp3) is 0.417. The Bertz CT molecular complexity index is 437. The van der Waals surface area contributed by atoms with E-state index < -0.39 is 10.9 Å². The van der Waals surface area contributed by atoms with Crippen molar-refractivity contribution in [3.8, 4) is 0 Å². The summed E-state index contributed by atoms with van der Waals surface area (Å²) in [4.78, 5) is 12.6. The molecule has 1 aromatic rings. The highest BCUT2D eigenvalue weighted by Crippen LogP contribution is 2.32. The zero-order chi connectivity index (χ0) is 12.4. The van der Waals surface area contributed by atoms with Crippen LogP contribution in [0.2, 0.25) is 0 Å². The van der Waals surface area contributed by atoms with Gasteiger partial charge in [-0.2, -0.15) is 0 Å². The van der Waals surface area contributed by atoms with E-state index in [4.69, 9.17) is 23.2 Å². The summed E-state index contributed by atoms with van der Waals surface area (Å²) in [5.74, 6) is 1.04. The summed E-state index contributed by atoms with van der Waals surface area (Å²) in [6.45, 7) is 0. The molecule has 0 saturated heterocycles. The van der Waals surface area contributed by atoms with E-state index in [1.165, 1.54) is 10.5 Å². The van der Waals surface area contributed by atoms with E-state index >= 15 is 0 Å². The Morgan fingerprint density at radius 1 is 1.47 bits per heavy atom. The minimum Gasteiger partial charge on any atom is -0.308 e. The molecule has 0 spiro atoms. The molecule has 1 heterocycles. The summed E-state index contributed by atoms with van der Waals surface area (Å²) >= 11 is 13.4. The lowest BCUT2D eigenvalue weighted by atomic mass is 10.0. The van der Waals surface area contributed by atoms with Crippen molar-refractivity contribution in [2.45, 2.75) is 22.2 Å². The van der Waals surface area contributed by atoms with Crippen molar-refractivity contribution in [2.75, 3.05) is 12.8 Å². The van der Waals surface area contributed by atoms with E-state index in [2.05, 4.69) is 5.32 Å². The predicted molar refractivity (Wildman–Crippen MR) is 73.5 cm³/mol. The van der Waals surface area contributed by atoms with Crippen molar-refractivity contribution in [2.24, 2.45) is 0 Å². The molecule has 0 amide bonds. The van der Waals surface area contributed by atoms with Gasteiger partial charge in [0.25, 0.3) is 0 Å². The van der Waals surface area contributed by atoms with Gasteiger partial charge < -0.3 is 5.32 Å². The maximum absolute atomic E-state index is 12.2. The van der Waals surface area contributed by atoms with E-state index in [1.54, 1.807) is 18.8 Å². The summed E-state index contributed by atoms with van der Waals surface area (Å²) in [7, 11) is 1.68. The first-order valence-electron chi connectivity index (χ1n) is 5.39. The SMILES string of the molecule is CNC(C(=O)c1ccc2c(c1)SCC2)C(Cl)Cl. The van der Waals surface area contributed by atoms with E-state index in [9.17, 15) is 4.79 Å². The molecule has 92 valence electrons. The number of hydrogen-bond acceptors (Lipinski definition) is 3. The first kappa shape index (κ1) is 13.2. The van der Waals surface area contributed by atoms with Crippen LogP contribution in [0.3, 0.4) is 0 Å². The highest BCUT2D eigenvalue weighted by atomic mass is 35.5. The molecule has 1 unspecified atom stereocenters. The highest BCUT2D eigenvalue weighted by molar-refractivity contribution is 7.99. The minimum absolute atomic E-state index is 0.0576. The van der Waals surface area contributed by atoms with Crippen LogP contribution >= 0.6 is 35.0 Å². The lowest BCUT2D eigenvalue weighted by Crippen LogP contribution is -2.39. The number of likely N-dealkylation sites (N-methyl/N-ethyl adjacent to an activating group) is 1. The summed E-state index contributed by atoms with van der Waals surface area (Å²) in [6.07, 6.45) is 1.08. The lowest BCUT2D eigenvalue weighted by Gasteiger charge is -2.16. The largest absolute Gasteiger partial charge is 0.308 e. The van der Waals surface area contributed by atoms with Gasteiger partial charge in [0.15, 0.2) is 5.78 Å². The lowest BCUT2D eigenvalue weighted by molar-refractivity contribution is 0.0952. The second-order valence-corrected chi connectivity index (χ2v) is 6.19. The van der Waals surface area contributed by atoms with Crippen molar-refractivity contribution in [3.05, 3.63) is 29.3 Å². The van der Waals surface area contributed by atoms with Crippen LogP contribution in [-0.4, -0.2) is 29.5 Å². The van der Waals surface area contributed by atoms with Gasteiger partial charge in [0.1, 0.15) is 10.9 Å². The summed E-state index contributed by atoms with van der Waals surface area (Å²) in [6, 6.07) is 5.26. The molecule has 0 radical (unpaired) electrons. The molecule has 5 heteroatoms. The molecule has 0 aromatic heterocycles. The van der Waals surface area contributed by atoms with E-state index in [0.717, 1.165) is 12.2 Å². The minimum atomic E-state index is -0.742. The number of Topliss-reactive ketones (excluding diaryl/α,β-unsaturated/α-hetero) is 1. The zero-order valence-electron chi connectivity index (χ0n) is 9.37. The number of halogens is 2. The van der Waals surface area contributed by atoms with Crippen LogP contribution in [0.4, 0.5) is 0 Å². The quantitative estimate of drug-likeness (QED) is 0.683. The first-order chi connectivity index (χ1) is 8.13. The van der Waals surface area contributed by atoms with Crippen molar-refractivity contribution in [1.29, 1.82) is 0 Å². The topological polar surface area (TPSA) is 29.1 Å². The smallest absolute Gasteiger partial charge is 0.182 e. The molecule has 2 rings (SSSR count). The predicted octanol–water partition coefficient (Wildman–Crippen LogP) is 2.91. The molecule has 1 aliphatic heterocycles. The number of aryl methyl sites for hydroxylation is 1. The van der Waals surface area contributed by atoms with Gasteiger partial charge in [0.05, 0.1) is 0 Å². The molecule has 17 heavy (non-hydrogen) atoms. The molecule has 1 atom stereocenters. The first-order valence-corrected chi connectivity index (χ1v) is 7.24. The Kier molecular flexibility index (Phi) is 4.36. The van der Waals surface area contributed by atoms with Crippen LogP contribution < -0.4 is 5.32 Å². The number of alkyl halides is 2. The third kappa shape index (κ3) is 2.79. The van der Waals surface area contributed by atoms with Crippen LogP contribution in [-0.2, 0) is 6.42 Å².